The van der Waals surface area contributed by atoms with E-state index in [1.54, 1.807) is 11.3 Å². The van der Waals surface area contributed by atoms with Crippen molar-refractivity contribution in [3.63, 3.8) is 0 Å². The van der Waals surface area contributed by atoms with Crippen molar-refractivity contribution in [2.75, 3.05) is 31.6 Å². The number of rotatable bonds is 4. The second kappa shape index (κ2) is 7.50. The summed E-state index contributed by atoms with van der Waals surface area (Å²) in [5.74, 6) is 2.03. The molecule has 1 saturated heterocycles. The van der Waals surface area contributed by atoms with Gasteiger partial charge in [0.2, 0.25) is 0 Å². The van der Waals surface area contributed by atoms with Crippen LogP contribution in [0.3, 0.4) is 0 Å². The molecule has 140 valence electrons. The third-order valence-electron chi connectivity index (χ3n) is 5.10. The molecule has 1 amide bonds. The number of fused-ring (bicyclic) bond motifs is 1. The molecule has 0 aromatic carbocycles. The van der Waals surface area contributed by atoms with E-state index in [0.29, 0.717) is 28.9 Å². The summed E-state index contributed by atoms with van der Waals surface area (Å²) in [6.07, 6.45) is 3.25. The van der Waals surface area contributed by atoms with Gasteiger partial charge in [0.15, 0.2) is 5.13 Å². The quantitative estimate of drug-likeness (QED) is 0.888. The van der Waals surface area contributed by atoms with E-state index in [1.165, 1.54) is 11.3 Å². The van der Waals surface area contributed by atoms with Crippen LogP contribution in [0.4, 0.5) is 5.13 Å². The fourth-order valence-corrected chi connectivity index (χ4v) is 4.75. The minimum Gasteiger partial charge on any atom is -0.464 e. The molecule has 1 aliphatic heterocycles. The molecule has 2 aliphatic rings. The molecular weight excluding hydrogens is 350 g/mol. The second-order valence-corrected chi connectivity index (χ2v) is 8.35. The number of anilines is 1. The van der Waals surface area contributed by atoms with Crippen molar-refractivity contribution < 1.29 is 13.9 Å². The van der Waals surface area contributed by atoms with Crippen LogP contribution < -0.4 is 5.32 Å². The van der Waals surface area contributed by atoms with Gasteiger partial charge in [-0.3, -0.25) is 15.0 Å². The first kappa shape index (κ1) is 17.7. The summed E-state index contributed by atoms with van der Waals surface area (Å²) in [6, 6.07) is 1.86. The summed E-state index contributed by atoms with van der Waals surface area (Å²) >= 11 is 1.61. The van der Waals surface area contributed by atoms with Crippen LogP contribution in [0.5, 0.6) is 0 Å². The van der Waals surface area contributed by atoms with Crippen LogP contribution >= 0.6 is 11.3 Å². The minimum absolute atomic E-state index is 0.140. The molecule has 1 fully saturated rings. The van der Waals surface area contributed by atoms with Crippen molar-refractivity contribution in [3.8, 4) is 0 Å². The molecule has 0 radical (unpaired) electrons. The molecule has 7 heteroatoms. The average molecular weight is 375 g/mol. The second-order valence-electron chi connectivity index (χ2n) is 7.26. The Labute approximate surface area is 157 Å². The lowest BCUT2D eigenvalue weighted by atomic mass is 9.93. The molecule has 0 spiro atoms. The molecule has 1 N–H and O–H groups in total. The number of thiazole rings is 1. The molecule has 2 aromatic heterocycles. The highest BCUT2D eigenvalue weighted by molar-refractivity contribution is 7.15. The predicted octanol–water partition coefficient (Wildman–Crippen LogP) is 3.25. The SMILES string of the molecule is Cc1oc(CN2CCOCC2)cc1C(=O)Nc1nc2c(s1)CC(C)CC2. The largest absolute Gasteiger partial charge is 0.464 e. The first-order valence-corrected chi connectivity index (χ1v) is 10.1. The fraction of sp³-hybridized carbons (Fsp3) is 0.579. The molecule has 3 heterocycles. The summed E-state index contributed by atoms with van der Waals surface area (Å²) in [4.78, 5) is 20.9. The van der Waals surface area contributed by atoms with Crippen molar-refractivity contribution in [1.82, 2.24) is 9.88 Å². The highest BCUT2D eigenvalue weighted by Crippen LogP contribution is 2.32. The van der Waals surface area contributed by atoms with Crippen molar-refractivity contribution in [3.05, 3.63) is 33.7 Å². The van der Waals surface area contributed by atoms with Gasteiger partial charge in [0.25, 0.3) is 5.91 Å². The monoisotopic (exact) mass is 375 g/mol. The van der Waals surface area contributed by atoms with Gasteiger partial charge in [0.05, 0.1) is 31.0 Å². The maximum atomic E-state index is 12.7. The Hall–Kier alpha value is -1.70. The van der Waals surface area contributed by atoms with E-state index in [9.17, 15) is 4.79 Å². The van der Waals surface area contributed by atoms with Crippen molar-refractivity contribution in [2.24, 2.45) is 5.92 Å². The van der Waals surface area contributed by atoms with Gasteiger partial charge < -0.3 is 9.15 Å². The van der Waals surface area contributed by atoms with Crippen molar-refractivity contribution in [2.45, 2.75) is 39.7 Å². The lowest BCUT2D eigenvalue weighted by molar-refractivity contribution is 0.0312. The number of furan rings is 1. The van der Waals surface area contributed by atoms with Gasteiger partial charge in [-0.15, -0.1) is 11.3 Å². The van der Waals surface area contributed by atoms with Gasteiger partial charge in [-0.2, -0.15) is 0 Å². The van der Waals surface area contributed by atoms with Gasteiger partial charge >= 0.3 is 0 Å². The first-order valence-electron chi connectivity index (χ1n) is 9.28. The number of nitrogens with zero attached hydrogens (tertiary/aromatic N) is 2. The molecule has 26 heavy (non-hydrogen) atoms. The summed E-state index contributed by atoms with van der Waals surface area (Å²) in [5.41, 5.74) is 1.75. The van der Waals surface area contributed by atoms with E-state index < -0.39 is 0 Å². The van der Waals surface area contributed by atoms with E-state index in [4.69, 9.17) is 9.15 Å². The summed E-state index contributed by atoms with van der Waals surface area (Å²) in [6.45, 7) is 8.11. The Kier molecular flexibility index (Phi) is 5.11. The van der Waals surface area contributed by atoms with E-state index in [1.807, 2.05) is 13.0 Å². The van der Waals surface area contributed by atoms with Crippen LogP contribution in [0, 0.1) is 12.8 Å². The molecule has 0 bridgehead atoms. The maximum Gasteiger partial charge on any atom is 0.260 e. The third-order valence-corrected chi connectivity index (χ3v) is 6.14. The Morgan fingerprint density at radius 3 is 3.04 bits per heavy atom. The van der Waals surface area contributed by atoms with Crippen LogP contribution in [-0.2, 0) is 24.1 Å². The van der Waals surface area contributed by atoms with Crippen molar-refractivity contribution in [1.29, 1.82) is 0 Å². The predicted molar refractivity (Wildman–Crippen MR) is 101 cm³/mol. The van der Waals surface area contributed by atoms with E-state index in [0.717, 1.165) is 50.6 Å². The topological polar surface area (TPSA) is 67.6 Å². The zero-order valence-corrected chi connectivity index (χ0v) is 16.2. The number of hydrogen-bond acceptors (Lipinski definition) is 6. The Morgan fingerprint density at radius 1 is 1.42 bits per heavy atom. The van der Waals surface area contributed by atoms with Crippen LogP contribution in [0.25, 0.3) is 0 Å². The van der Waals surface area contributed by atoms with Crippen molar-refractivity contribution >= 4 is 22.4 Å². The summed E-state index contributed by atoms with van der Waals surface area (Å²) < 4.78 is 11.2. The highest BCUT2D eigenvalue weighted by atomic mass is 32.1. The van der Waals surface area contributed by atoms with Gasteiger partial charge in [-0.05, 0) is 38.2 Å². The number of carbonyl (C=O) groups is 1. The standard InChI is InChI=1S/C19H25N3O3S/c1-12-3-4-16-17(9-12)26-19(20-16)21-18(23)15-10-14(25-13(15)2)11-22-5-7-24-8-6-22/h10,12H,3-9,11H2,1-2H3,(H,20,21,23). The molecule has 0 saturated carbocycles. The van der Waals surface area contributed by atoms with Crippen LogP contribution in [0.1, 0.15) is 45.8 Å². The number of carbonyl (C=O) groups excluding carboxylic acids is 1. The summed E-state index contributed by atoms with van der Waals surface area (Å²) in [5, 5.41) is 3.66. The van der Waals surface area contributed by atoms with Gasteiger partial charge in [0.1, 0.15) is 11.5 Å². The average Bonchev–Trinajstić information content (AvgIpc) is 3.18. The Balaban J connectivity index is 1.43. The first-order chi connectivity index (χ1) is 12.6. The minimum atomic E-state index is -0.140. The Morgan fingerprint density at radius 2 is 2.23 bits per heavy atom. The number of hydrogen-bond donors (Lipinski definition) is 1. The van der Waals surface area contributed by atoms with Gasteiger partial charge in [-0.25, -0.2) is 4.98 Å². The fourth-order valence-electron chi connectivity index (χ4n) is 3.58. The zero-order chi connectivity index (χ0) is 18.1. The molecule has 4 rings (SSSR count). The smallest absolute Gasteiger partial charge is 0.260 e. The number of morpholine rings is 1. The lowest BCUT2D eigenvalue weighted by Crippen LogP contribution is -2.35. The third kappa shape index (κ3) is 3.84. The summed E-state index contributed by atoms with van der Waals surface area (Å²) in [7, 11) is 0. The molecule has 1 atom stereocenters. The molecule has 1 unspecified atom stereocenters. The maximum absolute atomic E-state index is 12.7. The number of aryl methyl sites for hydroxylation is 2. The highest BCUT2D eigenvalue weighted by Gasteiger charge is 2.22. The van der Waals surface area contributed by atoms with E-state index >= 15 is 0 Å². The normalized spacial score (nSPS) is 20.8. The van der Waals surface area contributed by atoms with E-state index in [2.05, 4.69) is 22.1 Å². The van der Waals surface area contributed by atoms with E-state index in [-0.39, 0.29) is 5.91 Å². The van der Waals surface area contributed by atoms with Crippen LogP contribution in [0.2, 0.25) is 0 Å². The lowest BCUT2D eigenvalue weighted by Gasteiger charge is -2.25. The molecule has 1 aliphatic carbocycles. The number of aromatic nitrogens is 1. The molecular formula is C19H25N3O3S. The van der Waals surface area contributed by atoms with Gasteiger partial charge in [-0.1, -0.05) is 6.92 Å². The van der Waals surface area contributed by atoms with Gasteiger partial charge in [0, 0.05) is 18.0 Å². The van der Waals surface area contributed by atoms with Crippen LogP contribution in [-0.4, -0.2) is 42.1 Å². The molecule has 6 nitrogen and oxygen atoms in total. The number of nitrogens with one attached hydrogen (secondary N) is 1. The number of amides is 1. The van der Waals surface area contributed by atoms with Crippen LogP contribution in [0.15, 0.2) is 10.5 Å². The number of ether oxygens (including phenoxy) is 1. The Bertz CT molecular complexity index is 792. The zero-order valence-electron chi connectivity index (χ0n) is 15.3. The molecule has 2 aromatic rings.